The van der Waals surface area contributed by atoms with E-state index < -0.39 is 0 Å². The monoisotopic (exact) mass is 235 g/mol. The molecule has 0 atom stereocenters. The Morgan fingerprint density at radius 2 is 2.24 bits per heavy atom. The van der Waals surface area contributed by atoms with Crippen LogP contribution in [0.25, 0.3) is 5.57 Å². The molecule has 2 rings (SSSR count). The van der Waals surface area contributed by atoms with Gasteiger partial charge in [-0.2, -0.15) is 0 Å². The highest BCUT2D eigenvalue weighted by Gasteiger charge is 2.18. The molecule has 5 heteroatoms. The average Bonchev–Trinajstić information content (AvgIpc) is 2.38. The number of para-hydroxylation sites is 1. The first kappa shape index (κ1) is 11.3. The van der Waals surface area contributed by atoms with Crippen molar-refractivity contribution in [1.82, 2.24) is 0 Å². The number of phenolic OH excluding ortho intramolecular Hbond substituents is 1. The fraction of sp³-hybridized carbons (Fsp3) is 0.250. The van der Waals surface area contributed by atoms with E-state index in [0.717, 1.165) is 0 Å². The minimum Gasteiger partial charge on any atom is -0.507 e. The maximum Gasteiger partial charge on any atom is 0.261 e. The topological polar surface area (TPSA) is 60.3 Å². The van der Waals surface area contributed by atoms with Crippen LogP contribution < -0.4 is 0 Å². The first-order valence-electron chi connectivity index (χ1n) is 5.17. The summed E-state index contributed by atoms with van der Waals surface area (Å²) in [7, 11) is 1.52. The van der Waals surface area contributed by atoms with Crippen LogP contribution in [0, 0.1) is 0 Å². The third-order valence-electron chi connectivity index (χ3n) is 2.22. The van der Waals surface area contributed by atoms with Crippen LogP contribution in [0.1, 0.15) is 5.56 Å². The molecular weight excluding hydrogens is 222 g/mol. The lowest BCUT2D eigenvalue weighted by molar-refractivity contribution is 0.0667. The number of hydrogen-bond donors (Lipinski definition) is 1. The van der Waals surface area contributed by atoms with Gasteiger partial charge in [-0.3, -0.25) is 0 Å². The molecule has 5 nitrogen and oxygen atoms in total. The van der Waals surface area contributed by atoms with Gasteiger partial charge < -0.3 is 19.4 Å². The molecule has 0 aliphatic carbocycles. The molecule has 0 saturated carbocycles. The largest absolute Gasteiger partial charge is 0.507 e. The fourth-order valence-corrected chi connectivity index (χ4v) is 1.48. The lowest BCUT2D eigenvalue weighted by Gasteiger charge is -2.16. The first-order valence-corrected chi connectivity index (χ1v) is 5.17. The Labute approximate surface area is 98.9 Å². The van der Waals surface area contributed by atoms with Gasteiger partial charge in [-0.15, -0.1) is 0 Å². The third-order valence-corrected chi connectivity index (χ3v) is 2.22. The molecule has 1 aromatic rings. The number of phenols is 1. The van der Waals surface area contributed by atoms with Gasteiger partial charge in [-0.25, -0.2) is 0 Å². The highest BCUT2D eigenvalue weighted by Crippen LogP contribution is 2.26. The Morgan fingerprint density at radius 1 is 1.41 bits per heavy atom. The second-order valence-corrected chi connectivity index (χ2v) is 3.36. The predicted octanol–water partition coefficient (Wildman–Crippen LogP) is 1.74. The molecule has 0 unspecified atom stereocenters. The molecule has 1 N–H and O–H groups in total. The van der Waals surface area contributed by atoms with Crippen molar-refractivity contribution in [2.45, 2.75) is 0 Å². The number of methoxy groups -OCH3 is 1. The Hall–Kier alpha value is -2.17. The van der Waals surface area contributed by atoms with Gasteiger partial charge in [0.15, 0.2) is 6.61 Å². The van der Waals surface area contributed by atoms with Crippen molar-refractivity contribution in [2.24, 2.45) is 5.16 Å². The quantitative estimate of drug-likeness (QED) is 0.811. The summed E-state index contributed by atoms with van der Waals surface area (Å²) >= 11 is 0. The van der Waals surface area contributed by atoms with Gasteiger partial charge in [0.25, 0.3) is 5.90 Å². The summed E-state index contributed by atoms with van der Waals surface area (Å²) in [5, 5.41) is 13.6. The van der Waals surface area contributed by atoms with Crippen molar-refractivity contribution < 1.29 is 19.4 Å². The fourth-order valence-electron chi connectivity index (χ4n) is 1.48. The van der Waals surface area contributed by atoms with E-state index in [4.69, 9.17) is 14.3 Å². The maximum atomic E-state index is 9.79. The number of nitrogens with zero attached hydrogens (tertiary/aromatic N) is 1. The van der Waals surface area contributed by atoms with Gasteiger partial charge in [0.1, 0.15) is 12.4 Å². The Morgan fingerprint density at radius 3 is 2.88 bits per heavy atom. The van der Waals surface area contributed by atoms with Crippen LogP contribution in [-0.2, 0) is 14.3 Å². The molecule has 0 fully saturated rings. The summed E-state index contributed by atoms with van der Waals surface area (Å²) in [6.45, 7) is 0.845. The number of oxime groups is 1. The van der Waals surface area contributed by atoms with Gasteiger partial charge in [-0.1, -0.05) is 18.2 Å². The number of benzene rings is 1. The van der Waals surface area contributed by atoms with E-state index in [0.29, 0.717) is 30.2 Å². The van der Waals surface area contributed by atoms with Gasteiger partial charge in [0.2, 0.25) is 0 Å². The van der Waals surface area contributed by atoms with Gasteiger partial charge in [0.05, 0.1) is 18.9 Å². The number of hydrogen-bond acceptors (Lipinski definition) is 5. The number of ether oxygens (including phenoxy) is 2. The van der Waals surface area contributed by atoms with Crippen molar-refractivity contribution >= 4 is 11.5 Å². The lowest BCUT2D eigenvalue weighted by atomic mass is 10.1. The van der Waals surface area contributed by atoms with Crippen molar-refractivity contribution in [1.29, 1.82) is 0 Å². The summed E-state index contributed by atoms with van der Waals surface area (Å²) in [5.41, 5.74) is 1.13. The van der Waals surface area contributed by atoms with Gasteiger partial charge in [0, 0.05) is 5.56 Å². The molecular formula is C12H13NO4. The minimum atomic E-state index is 0.132. The predicted molar refractivity (Wildman–Crippen MR) is 62.4 cm³/mol. The highest BCUT2D eigenvalue weighted by atomic mass is 16.7. The van der Waals surface area contributed by atoms with Crippen molar-refractivity contribution in [3.8, 4) is 5.75 Å². The van der Waals surface area contributed by atoms with E-state index >= 15 is 0 Å². The SMILES string of the molecule is CO/C=C(\C1=NOCCO1)c1ccccc1O. The standard InChI is InChI=1S/C12H13NO4/c1-15-8-10(12-13-17-7-6-16-12)9-4-2-3-5-11(9)14/h2-5,8,14H,6-7H2,1H3/b10-8-. The zero-order valence-corrected chi connectivity index (χ0v) is 9.42. The Kier molecular flexibility index (Phi) is 3.49. The Bertz CT molecular complexity index is 454. The van der Waals surface area contributed by atoms with E-state index in [-0.39, 0.29) is 5.75 Å². The van der Waals surface area contributed by atoms with Crippen molar-refractivity contribution in [3.05, 3.63) is 36.1 Å². The zero-order valence-electron chi connectivity index (χ0n) is 9.42. The van der Waals surface area contributed by atoms with Gasteiger partial charge >= 0.3 is 0 Å². The van der Waals surface area contributed by atoms with Crippen LogP contribution in [0.3, 0.4) is 0 Å². The summed E-state index contributed by atoms with van der Waals surface area (Å²) in [6.07, 6.45) is 1.46. The molecule has 0 saturated heterocycles. The first-order chi connectivity index (χ1) is 8.33. The summed E-state index contributed by atoms with van der Waals surface area (Å²) < 4.78 is 10.3. The number of aromatic hydroxyl groups is 1. The minimum absolute atomic E-state index is 0.132. The van der Waals surface area contributed by atoms with E-state index in [1.165, 1.54) is 13.4 Å². The smallest absolute Gasteiger partial charge is 0.261 e. The zero-order chi connectivity index (χ0) is 12.1. The van der Waals surface area contributed by atoms with Crippen LogP contribution in [0.5, 0.6) is 5.75 Å². The van der Waals surface area contributed by atoms with Gasteiger partial charge in [-0.05, 0) is 11.2 Å². The van der Waals surface area contributed by atoms with E-state index in [9.17, 15) is 5.11 Å². The number of rotatable bonds is 3. The molecule has 1 aliphatic heterocycles. The molecule has 90 valence electrons. The van der Waals surface area contributed by atoms with E-state index in [1.807, 2.05) is 6.07 Å². The molecule has 1 aromatic carbocycles. The van der Waals surface area contributed by atoms with Crippen LogP contribution in [0.2, 0.25) is 0 Å². The van der Waals surface area contributed by atoms with Crippen LogP contribution in [-0.4, -0.2) is 31.3 Å². The maximum absolute atomic E-state index is 9.79. The molecule has 17 heavy (non-hydrogen) atoms. The molecule has 0 bridgehead atoms. The molecule has 1 heterocycles. The second kappa shape index (κ2) is 5.25. The summed E-state index contributed by atoms with van der Waals surface area (Å²) in [4.78, 5) is 4.96. The second-order valence-electron chi connectivity index (χ2n) is 3.36. The molecule has 1 aliphatic rings. The lowest BCUT2D eigenvalue weighted by Crippen LogP contribution is -2.17. The van der Waals surface area contributed by atoms with Crippen LogP contribution >= 0.6 is 0 Å². The van der Waals surface area contributed by atoms with Crippen LogP contribution in [0.15, 0.2) is 35.7 Å². The third kappa shape index (κ3) is 2.50. The summed E-state index contributed by atoms with van der Waals surface area (Å²) in [5.74, 6) is 0.437. The van der Waals surface area contributed by atoms with Crippen LogP contribution in [0.4, 0.5) is 0 Å². The van der Waals surface area contributed by atoms with E-state index in [2.05, 4.69) is 5.16 Å². The molecule has 0 spiro atoms. The molecule has 0 amide bonds. The molecule has 0 aromatic heterocycles. The van der Waals surface area contributed by atoms with Crippen molar-refractivity contribution in [2.75, 3.05) is 20.3 Å². The normalized spacial score (nSPS) is 15.6. The van der Waals surface area contributed by atoms with Crippen molar-refractivity contribution in [3.63, 3.8) is 0 Å². The Balaban J connectivity index is 2.39. The molecule has 0 radical (unpaired) electrons. The average molecular weight is 235 g/mol. The highest BCUT2D eigenvalue weighted by molar-refractivity contribution is 6.19. The van der Waals surface area contributed by atoms with E-state index in [1.54, 1.807) is 18.2 Å². The summed E-state index contributed by atoms with van der Waals surface area (Å²) in [6, 6.07) is 6.88.